The molecular formula is C31H41N3O5. The van der Waals surface area contributed by atoms with Crippen LogP contribution in [0.5, 0.6) is 5.75 Å². The van der Waals surface area contributed by atoms with E-state index in [0.29, 0.717) is 26.1 Å². The Morgan fingerprint density at radius 3 is 2.82 bits per heavy atom. The van der Waals surface area contributed by atoms with Crippen LogP contribution in [0, 0.1) is 5.92 Å². The zero-order chi connectivity index (χ0) is 27.2. The predicted molar refractivity (Wildman–Crippen MR) is 149 cm³/mol. The average molecular weight is 536 g/mol. The van der Waals surface area contributed by atoms with Crippen LogP contribution in [0.2, 0.25) is 0 Å². The van der Waals surface area contributed by atoms with Crippen LogP contribution in [0.15, 0.2) is 42.7 Å². The van der Waals surface area contributed by atoms with Gasteiger partial charge in [-0.3, -0.25) is 19.5 Å². The van der Waals surface area contributed by atoms with Gasteiger partial charge >= 0.3 is 5.97 Å². The monoisotopic (exact) mass is 535 g/mol. The highest BCUT2D eigenvalue weighted by Crippen LogP contribution is 2.42. The maximum Gasteiger partial charge on any atom is 0.308 e. The van der Waals surface area contributed by atoms with Gasteiger partial charge in [0.05, 0.1) is 37.1 Å². The van der Waals surface area contributed by atoms with Gasteiger partial charge in [-0.2, -0.15) is 0 Å². The molecule has 0 aliphatic carbocycles. The Bertz CT molecular complexity index is 1120. The number of benzene rings is 1. The molecule has 3 aliphatic rings. The second-order valence-corrected chi connectivity index (χ2v) is 11.1. The molecule has 4 atom stereocenters. The highest BCUT2D eigenvalue weighted by atomic mass is 16.5. The number of anilines is 1. The van der Waals surface area contributed by atoms with E-state index in [4.69, 9.17) is 9.47 Å². The van der Waals surface area contributed by atoms with Crippen molar-refractivity contribution in [2.45, 2.75) is 76.4 Å². The summed E-state index contributed by atoms with van der Waals surface area (Å²) in [5.74, 6) is -0.700. The van der Waals surface area contributed by atoms with Crippen molar-refractivity contribution in [2.75, 3.05) is 37.7 Å². The molecule has 39 heavy (non-hydrogen) atoms. The Kier molecular flexibility index (Phi) is 9.14. The maximum absolute atomic E-state index is 13.8. The minimum Gasteiger partial charge on any atom is -0.493 e. The van der Waals surface area contributed by atoms with Gasteiger partial charge in [-0.1, -0.05) is 25.5 Å². The van der Waals surface area contributed by atoms with Gasteiger partial charge < -0.3 is 19.5 Å². The molecule has 1 N–H and O–H groups in total. The average Bonchev–Trinajstić information content (AvgIpc) is 3.57. The predicted octanol–water partition coefficient (Wildman–Crippen LogP) is 4.67. The van der Waals surface area contributed by atoms with Crippen molar-refractivity contribution >= 4 is 17.6 Å². The van der Waals surface area contributed by atoms with Crippen molar-refractivity contribution in [1.29, 1.82) is 0 Å². The molecule has 210 valence electrons. The number of hydrogen-bond acceptors (Lipinski definition) is 6. The summed E-state index contributed by atoms with van der Waals surface area (Å²) in [5, 5.41) is 10.5. The molecule has 0 spiro atoms. The zero-order valence-electron chi connectivity index (χ0n) is 23.0. The smallest absolute Gasteiger partial charge is 0.308 e. The summed E-state index contributed by atoms with van der Waals surface area (Å²) in [6.07, 6.45) is 11.1. The molecule has 1 aromatic heterocycles. The number of ether oxygens (including phenoxy) is 2. The van der Waals surface area contributed by atoms with Crippen molar-refractivity contribution in [3.63, 3.8) is 0 Å². The van der Waals surface area contributed by atoms with E-state index in [-0.39, 0.29) is 30.5 Å². The topological polar surface area (TPSA) is 92.2 Å². The quantitative estimate of drug-likeness (QED) is 0.447. The van der Waals surface area contributed by atoms with E-state index in [0.717, 1.165) is 74.1 Å². The number of rotatable bonds is 11. The number of nitrogens with zero attached hydrogens (tertiary/aromatic N) is 3. The molecule has 0 radical (unpaired) electrons. The molecule has 8 nitrogen and oxygen atoms in total. The zero-order valence-corrected chi connectivity index (χ0v) is 23.0. The molecule has 1 unspecified atom stereocenters. The van der Waals surface area contributed by atoms with E-state index in [1.807, 2.05) is 29.2 Å². The van der Waals surface area contributed by atoms with E-state index in [9.17, 15) is 14.7 Å². The van der Waals surface area contributed by atoms with E-state index < -0.39 is 11.9 Å². The lowest BCUT2D eigenvalue weighted by atomic mass is 9.82. The number of hydrogen-bond donors (Lipinski definition) is 1. The van der Waals surface area contributed by atoms with E-state index >= 15 is 0 Å². The van der Waals surface area contributed by atoms with Crippen molar-refractivity contribution in [1.82, 2.24) is 9.88 Å². The standard InChI is InChI=1S/C31H41N3O5/c1-2-3-15-34(24-7-6-14-32-19-24)29(35)21-33-20-26(22-9-12-28-23(18-22)13-17-39-28)30(31(36)37)27(33)11-10-25-8-4-5-16-38-25/h6-7,9,12,14,18-19,25-27,30H,2-5,8,10-11,13,15-17,20-21H2,1H3,(H,36,37)/t25?,26-,27+,30-/m1/s1. The fourth-order valence-electron chi connectivity index (χ4n) is 6.51. The molecule has 2 aromatic rings. The molecule has 8 heteroatoms. The molecule has 3 aliphatic heterocycles. The Morgan fingerprint density at radius 2 is 2.08 bits per heavy atom. The number of fused-ring (bicyclic) bond motifs is 1. The summed E-state index contributed by atoms with van der Waals surface area (Å²) in [4.78, 5) is 34.8. The summed E-state index contributed by atoms with van der Waals surface area (Å²) >= 11 is 0. The third kappa shape index (κ3) is 6.44. The van der Waals surface area contributed by atoms with Crippen molar-refractivity contribution < 1.29 is 24.2 Å². The van der Waals surface area contributed by atoms with Gasteiger partial charge in [-0.15, -0.1) is 0 Å². The highest BCUT2D eigenvalue weighted by molar-refractivity contribution is 5.94. The molecule has 0 saturated carbocycles. The van der Waals surface area contributed by atoms with Crippen molar-refractivity contribution in [3.8, 4) is 5.75 Å². The Labute approximate surface area is 231 Å². The largest absolute Gasteiger partial charge is 0.493 e. The fraction of sp³-hybridized carbons (Fsp3) is 0.581. The third-order valence-corrected chi connectivity index (χ3v) is 8.57. The van der Waals surface area contributed by atoms with Gasteiger partial charge in [0, 0.05) is 44.3 Å². The molecule has 4 heterocycles. The van der Waals surface area contributed by atoms with Gasteiger partial charge in [0.1, 0.15) is 5.75 Å². The van der Waals surface area contributed by atoms with Gasteiger partial charge in [-0.25, -0.2) is 0 Å². The van der Waals surface area contributed by atoms with Gasteiger partial charge in [-0.05, 0) is 67.9 Å². The summed E-state index contributed by atoms with van der Waals surface area (Å²) < 4.78 is 11.7. The number of unbranched alkanes of at least 4 members (excludes halogenated alkanes) is 1. The van der Waals surface area contributed by atoms with Crippen LogP contribution >= 0.6 is 0 Å². The molecule has 5 rings (SSSR count). The Hall–Kier alpha value is -2.97. The molecule has 1 amide bonds. The molecule has 0 bridgehead atoms. The lowest BCUT2D eigenvalue weighted by Gasteiger charge is -2.31. The van der Waals surface area contributed by atoms with E-state index in [1.165, 1.54) is 0 Å². The number of carboxylic acid groups (broad SMARTS) is 1. The Balaban J connectivity index is 1.40. The summed E-state index contributed by atoms with van der Waals surface area (Å²) in [6, 6.07) is 9.63. The van der Waals surface area contributed by atoms with Crippen LogP contribution in [0.25, 0.3) is 0 Å². The Morgan fingerprint density at radius 1 is 1.18 bits per heavy atom. The van der Waals surface area contributed by atoms with Crippen LogP contribution in [-0.4, -0.2) is 71.9 Å². The third-order valence-electron chi connectivity index (χ3n) is 8.57. The first-order valence-corrected chi connectivity index (χ1v) is 14.6. The van der Waals surface area contributed by atoms with Crippen molar-refractivity contribution in [2.24, 2.45) is 5.92 Å². The first kappa shape index (κ1) is 27.6. The number of carboxylic acids is 1. The number of pyridine rings is 1. The second-order valence-electron chi connectivity index (χ2n) is 11.1. The van der Waals surface area contributed by atoms with Crippen LogP contribution in [0.3, 0.4) is 0 Å². The summed E-state index contributed by atoms with van der Waals surface area (Å²) in [5.41, 5.74) is 2.95. The van der Waals surface area contributed by atoms with Crippen LogP contribution in [-0.2, 0) is 20.7 Å². The molecule has 2 saturated heterocycles. The summed E-state index contributed by atoms with van der Waals surface area (Å²) in [7, 11) is 0. The lowest BCUT2D eigenvalue weighted by molar-refractivity contribution is -0.143. The number of carbonyl (C=O) groups excluding carboxylic acids is 1. The van der Waals surface area contributed by atoms with Crippen molar-refractivity contribution in [3.05, 3.63) is 53.9 Å². The number of carbonyl (C=O) groups is 2. The highest BCUT2D eigenvalue weighted by Gasteiger charge is 2.47. The number of aromatic nitrogens is 1. The van der Waals surface area contributed by atoms with Crippen LogP contribution in [0.1, 0.15) is 68.9 Å². The maximum atomic E-state index is 13.8. The van der Waals surface area contributed by atoms with Crippen LogP contribution < -0.4 is 9.64 Å². The second kappa shape index (κ2) is 12.9. The van der Waals surface area contributed by atoms with Gasteiger partial charge in [0.25, 0.3) is 0 Å². The number of likely N-dealkylation sites (tertiary alicyclic amines) is 1. The number of aliphatic carboxylic acids is 1. The summed E-state index contributed by atoms with van der Waals surface area (Å²) in [6.45, 7) is 4.89. The minimum absolute atomic E-state index is 0.0116. The van der Waals surface area contributed by atoms with Crippen LogP contribution in [0.4, 0.5) is 5.69 Å². The van der Waals surface area contributed by atoms with E-state index in [2.05, 4.69) is 22.9 Å². The SMILES string of the molecule is CCCCN(C(=O)CN1C[C@H](c2ccc3c(c2)CCO3)[C@@H](C(=O)O)[C@@H]1CCC1CCCCO1)c1cccnc1. The van der Waals surface area contributed by atoms with Gasteiger partial charge in [0.15, 0.2) is 0 Å². The molecule has 2 fully saturated rings. The first-order chi connectivity index (χ1) is 19.0. The first-order valence-electron chi connectivity index (χ1n) is 14.6. The fourth-order valence-corrected chi connectivity index (χ4v) is 6.51. The normalized spacial score (nSPS) is 24.7. The van der Waals surface area contributed by atoms with Gasteiger partial charge in [0.2, 0.25) is 5.91 Å². The lowest BCUT2D eigenvalue weighted by Crippen LogP contribution is -2.45. The minimum atomic E-state index is -0.795. The molecule has 1 aromatic carbocycles. The van der Waals surface area contributed by atoms with E-state index in [1.54, 1.807) is 12.4 Å². The number of amides is 1. The molecular weight excluding hydrogens is 494 g/mol.